The molecule has 0 aliphatic carbocycles. The van der Waals surface area contributed by atoms with Crippen molar-refractivity contribution in [2.75, 3.05) is 33.2 Å². The van der Waals surface area contributed by atoms with Crippen LogP contribution >= 0.6 is 0 Å². The fourth-order valence-electron chi connectivity index (χ4n) is 1.55. The van der Waals surface area contributed by atoms with Gasteiger partial charge < -0.3 is 4.90 Å². The first-order chi connectivity index (χ1) is 6.84. The molecule has 1 saturated heterocycles. The highest BCUT2D eigenvalue weighted by Gasteiger charge is 2.14. The zero-order valence-corrected chi connectivity index (χ0v) is 8.43. The van der Waals surface area contributed by atoms with Crippen molar-refractivity contribution in [2.24, 2.45) is 0 Å². The number of nitrogens with zero attached hydrogens (tertiary/aromatic N) is 5. The molecule has 1 fully saturated rings. The molecule has 0 spiro atoms. The lowest BCUT2D eigenvalue weighted by Crippen LogP contribution is -2.44. The third-order valence-corrected chi connectivity index (χ3v) is 2.51. The van der Waals surface area contributed by atoms with E-state index in [1.165, 1.54) is 0 Å². The Morgan fingerprint density at radius 3 is 2.43 bits per heavy atom. The summed E-state index contributed by atoms with van der Waals surface area (Å²) in [4.78, 5) is 16.7. The second-order valence-electron chi connectivity index (χ2n) is 3.63. The number of hydrogen-bond acceptors (Lipinski definition) is 5. The van der Waals surface area contributed by atoms with E-state index in [2.05, 4.69) is 31.8 Å². The van der Waals surface area contributed by atoms with Gasteiger partial charge in [-0.25, -0.2) is 15.0 Å². The number of aromatic nitrogens is 3. The van der Waals surface area contributed by atoms with Crippen LogP contribution in [-0.2, 0) is 6.54 Å². The first kappa shape index (κ1) is 9.48. The number of rotatable bonds is 2. The Bertz CT molecular complexity index is 268. The van der Waals surface area contributed by atoms with Gasteiger partial charge in [0.15, 0.2) is 0 Å². The van der Waals surface area contributed by atoms with Crippen molar-refractivity contribution < 1.29 is 0 Å². The Hall–Kier alpha value is -1.07. The minimum Gasteiger partial charge on any atom is -0.304 e. The van der Waals surface area contributed by atoms with Gasteiger partial charge in [-0.2, -0.15) is 0 Å². The zero-order chi connectivity index (χ0) is 9.80. The maximum absolute atomic E-state index is 4.11. The highest BCUT2D eigenvalue weighted by atomic mass is 15.3. The SMILES string of the molecule is CN1CCN(Cc2ncncn2)CC1. The molecule has 76 valence electrons. The normalized spacial score (nSPS) is 19.8. The Kier molecular flexibility index (Phi) is 3.00. The van der Waals surface area contributed by atoms with Gasteiger partial charge in [0.25, 0.3) is 0 Å². The number of likely N-dealkylation sites (N-methyl/N-ethyl adjacent to an activating group) is 1. The Balaban J connectivity index is 1.87. The fourth-order valence-corrected chi connectivity index (χ4v) is 1.55. The minimum absolute atomic E-state index is 0.844. The Labute approximate surface area is 83.8 Å². The van der Waals surface area contributed by atoms with E-state index >= 15 is 0 Å². The van der Waals surface area contributed by atoms with Crippen LogP contribution in [0.15, 0.2) is 12.7 Å². The first-order valence-corrected chi connectivity index (χ1v) is 4.86. The molecule has 0 atom stereocenters. The van der Waals surface area contributed by atoms with Gasteiger partial charge >= 0.3 is 0 Å². The van der Waals surface area contributed by atoms with Gasteiger partial charge in [-0.15, -0.1) is 0 Å². The molecule has 1 aromatic rings. The van der Waals surface area contributed by atoms with Gasteiger partial charge in [0.1, 0.15) is 18.5 Å². The molecule has 5 heteroatoms. The standard InChI is InChI=1S/C9H15N5/c1-13-2-4-14(5-3-13)6-9-11-7-10-8-12-9/h7-8H,2-6H2,1H3. The van der Waals surface area contributed by atoms with Crippen LogP contribution in [0.3, 0.4) is 0 Å². The van der Waals surface area contributed by atoms with Crippen molar-refractivity contribution in [3.05, 3.63) is 18.5 Å². The predicted octanol–water partition coefficient (Wildman–Crippen LogP) is -0.381. The molecule has 0 radical (unpaired) electrons. The largest absolute Gasteiger partial charge is 0.304 e. The summed E-state index contributed by atoms with van der Waals surface area (Å²) < 4.78 is 0. The third kappa shape index (κ3) is 2.46. The summed E-state index contributed by atoms with van der Waals surface area (Å²) in [7, 11) is 2.15. The van der Waals surface area contributed by atoms with Crippen molar-refractivity contribution in [1.82, 2.24) is 24.8 Å². The van der Waals surface area contributed by atoms with Crippen LogP contribution in [0.2, 0.25) is 0 Å². The Morgan fingerprint density at radius 1 is 1.14 bits per heavy atom. The lowest BCUT2D eigenvalue weighted by atomic mass is 10.3. The average Bonchev–Trinajstić information content (AvgIpc) is 2.23. The molecular formula is C9H15N5. The van der Waals surface area contributed by atoms with E-state index in [1.54, 1.807) is 12.7 Å². The summed E-state index contributed by atoms with van der Waals surface area (Å²) in [6.45, 7) is 5.30. The summed E-state index contributed by atoms with van der Waals surface area (Å²) in [6.07, 6.45) is 3.11. The zero-order valence-electron chi connectivity index (χ0n) is 8.43. The van der Waals surface area contributed by atoms with Gasteiger partial charge in [-0.05, 0) is 7.05 Å². The topological polar surface area (TPSA) is 45.2 Å². The minimum atomic E-state index is 0.844. The van der Waals surface area contributed by atoms with Crippen LogP contribution < -0.4 is 0 Å². The molecule has 0 amide bonds. The molecule has 0 unspecified atom stereocenters. The van der Waals surface area contributed by atoms with Crippen molar-refractivity contribution in [3.8, 4) is 0 Å². The fraction of sp³-hybridized carbons (Fsp3) is 0.667. The van der Waals surface area contributed by atoms with E-state index in [4.69, 9.17) is 0 Å². The third-order valence-electron chi connectivity index (χ3n) is 2.51. The maximum atomic E-state index is 4.11. The van der Waals surface area contributed by atoms with Crippen molar-refractivity contribution in [2.45, 2.75) is 6.54 Å². The first-order valence-electron chi connectivity index (χ1n) is 4.86. The van der Waals surface area contributed by atoms with Gasteiger partial charge in [0, 0.05) is 26.2 Å². The molecule has 0 N–H and O–H groups in total. The lowest BCUT2D eigenvalue weighted by molar-refractivity contribution is 0.145. The van der Waals surface area contributed by atoms with Gasteiger partial charge in [-0.1, -0.05) is 0 Å². The summed E-state index contributed by atoms with van der Waals surface area (Å²) in [5.41, 5.74) is 0. The molecule has 1 aliphatic rings. The van der Waals surface area contributed by atoms with Crippen LogP contribution in [0.1, 0.15) is 5.82 Å². The van der Waals surface area contributed by atoms with E-state index < -0.39 is 0 Å². The van der Waals surface area contributed by atoms with Gasteiger partial charge in [-0.3, -0.25) is 4.90 Å². The molecular weight excluding hydrogens is 178 g/mol. The number of piperazine rings is 1. The second kappa shape index (κ2) is 4.43. The lowest BCUT2D eigenvalue weighted by Gasteiger charge is -2.31. The van der Waals surface area contributed by atoms with Crippen LogP contribution in [0.5, 0.6) is 0 Å². The van der Waals surface area contributed by atoms with Crippen molar-refractivity contribution in [1.29, 1.82) is 0 Å². The molecule has 5 nitrogen and oxygen atoms in total. The monoisotopic (exact) mass is 193 g/mol. The van der Waals surface area contributed by atoms with Crippen molar-refractivity contribution >= 4 is 0 Å². The predicted molar refractivity (Wildman–Crippen MR) is 52.6 cm³/mol. The summed E-state index contributed by atoms with van der Waals surface area (Å²) in [5, 5.41) is 0. The van der Waals surface area contributed by atoms with E-state index in [-0.39, 0.29) is 0 Å². The highest BCUT2D eigenvalue weighted by Crippen LogP contribution is 2.02. The van der Waals surface area contributed by atoms with Crippen LogP contribution in [0, 0.1) is 0 Å². The smallest absolute Gasteiger partial charge is 0.145 e. The summed E-state index contributed by atoms with van der Waals surface area (Å²) in [6, 6.07) is 0. The van der Waals surface area contributed by atoms with Crippen LogP contribution in [0.25, 0.3) is 0 Å². The highest BCUT2D eigenvalue weighted by molar-refractivity contribution is 4.83. The quantitative estimate of drug-likeness (QED) is 0.640. The molecule has 1 aromatic heterocycles. The molecule has 1 aliphatic heterocycles. The van der Waals surface area contributed by atoms with Crippen molar-refractivity contribution in [3.63, 3.8) is 0 Å². The molecule has 0 aromatic carbocycles. The van der Waals surface area contributed by atoms with E-state index in [1.807, 2.05) is 0 Å². The van der Waals surface area contributed by atoms with Crippen LogP contribution in [-0.4, -0.2) is 58.0 Å². The second-order valence-corrected chi connectivity index (χ2v) is 3.63. The molecule has 0 bridgehead atoms. The Morgan fingerprint density at radius 2 is 1.79 bits per heavy atom. The summed E-state index contributed by atoms with van der Waals surface area (Å²) >= 11 is 0. The molecule has 14 heavy (non-hydrogen) atoms. The van der Waals surface area contributed by atoms with Gasteiger partial charge in [0.2, 0.25) is 0 Å². The molecule has 2 rings (SSSR count). The van der Waals surface area contributed by atoms with E-state index in [0.717, 1.165) is 38.5 Å². The van der Waals surface area contributed by atoms with E-state index in [0.29, 0.717) is 0 Å². The molecule has 2 heterocycles. The molecule has 0 saturated carbocycles. The van der Waals surface area contributed by atoms with Gasteiger partial charge in [0.05, 0.1) is 6.54 Å². The summed E-state index contributed by atoms with van der Waals surface area (Å²) in [5.74, 6) is 0.865. The van der Waals surface area contributed by atoms with E-state index in [9.17, 15) is 0 Å². The number of hydrogen-bond donors (Lipinski definition) is 0. The maximum Gasteiger partial charge on any atom is 0.145 e. The average molecular weight is 193 g/mol. The van der Waals surface area contributed by atoms with Crippen LogP contribution in [0.4, 0.5) is 0 Å².